The fourth-order valence-corrected chi connectivity index (χ4v) is 2.19. The Balaban J connectivity index is 3.10. The third kappa shape index (κ3) is 15.4. The Morgan fingerprint density at radius 2 is 1.32 bits per heavy atom. The summed E-state index contributed by atoms with van der Waals surface area (Å²) < 4.78 is 4.80. The van der Waals surface area contributed by atoms with Crippen molar-refractivity contribution in [2.75, 3.05) is 11.9 Å². The quantitative estimate of drug-likeness (QED) is 0.239. The van der Waals surface area contributed by atoms with Gasteiger partial charge in [-0.15, -0.1) is 0 Å². The highest BCUT2D eigenvalue weighted by Crippen LogP contribution is 2.10. The van der Waals surface area contributed by atoms with Gasteiger partial charge in [-0.25, -0.2) is 0 Å². The lowest BCUT2D eigenvalue weighted by atomic mass is 10.1. The van der Waals surface area contributed by atoms with Gasteiger partial charge >= 0.3 is 11.9 Å². The first-order valence-corrected chi connectivity index (χ1v) is 8.22. The van der Waals surface area contributed by atoms with Crippen molar-refractivity contribution in [3.8, 4) is 0 Å². The van der Waals surface area contributed by atoms with Gasteiger partial charge in [0, 0.05) is 5.33 Å². The number of unbranched alkanes of at least 4 members (excludes halogenated alkanes) is 8. The molecule has 0 rings (SSSR count). The maximum atomic E-state index is 10.9. The fourth-order valence-electron chi connectivity index (χ4n) is 1.79. The number of carbonyl (C=O) groups excluding carboxylic acids is 1. The minimum atomic E-state index is -1.13. The van der Waals surface area contributed by atoms with Crippen LogP contribution in [0.25, 0.3) is 0 Å². The van der Waals surface area contributed by atoms with Crippen molar-refractivity contribution in [1.29, 1.82) is 0 Å². The van der Waals surface area contributed by atoms with Gasteiger partial charge < -0.3 is 9.84 Å². The van der Waals surface area contributed by atoms with E-state index in [0.29, 0.717) is 6.61 Å². The summed E-state index contributed by atoms with van der Waals surface area (Å²) in [4.78, 5) is 21.1. The van der Waals surface area contributed by atoms with Crippen molar-refractivity contribution >= 4 is 27.9 Å². The second kappa shape index (κ2) is 13.8. The molecule has 0 fully saturated rings. The van der Waals surface area contributed by atoms with E-state index in [2.05, 4.69) is 15.9 Å². The second-order valence-electron chi connectivity index (χ2n) is 4.66. The molecular weight excluding hydrogens is 312 g/mol. The van der Waals surface area contributed by atoms with E-state index in [4.69, 9.17) is 9.84 Å². The molecule has 0 saturated heterocycles. The molecule has 0 heterocycles. The zero-order valence-electron chi connectivity index (χ0n) is 11.5. The van der Waals surface area contributed by atoms with Gasteiger partial charge in [0.1, 0.15) is 6.42 Å². The second-order valence-corrected chi connectivity index (χ2v) is 5.45. The third-order valence-corrected chi connectivity index (χ3v) is 3.40. The van der Waals surface area contributed by atoms with E-state index >= 15 is 0 Å². The molecule has 0 aliphatic carbocycles. The fraction of sp³-hybridized carbons (Fsp3) is 0.857. The van der Waals surface area contributed by atoms with Crippen LogP contribution >= 0.6 is 15.9 Å². The largest absolute Gasteiger partial charge is 0.481 e. The van der Waals surface area contributed by atoms with Crippen LogP contribution in [0.1, 0.15) is 64.2 Å². The molecule has 19 heavy (non-hydrogen) atoms. The summed E-state index contributed by atoms with van der Waals surface area (Å²) in [5, 5.41) is 9.46. The zero-order valence-corrected chi connectivity index (χ0v) is 13.1. The Bertz CT molecular complexity index is 244. The number of esters is 1. The summed E-state index contributed by atoms with van der Waals surface area (Å²) in [5.41, 5.74) is 0. The van der Waals surface area contributed by atoms with Gasteiger partial charge in [0.25, 0.3) is 0 Å². The molecule has 0 aromatic carbocycles. The highest BCUT2D eigenvalue weighted by molar-refractivity contribution is 9.09. The van der Waals surface area contributed by atoms with E-state index in [1.165, 1.54) is 38.5 Å². The van der Waals surface area contributed by atoms with E-state index in [1.54, 1.807) is 0 Å². The van der Waals surface area contributed by atoms with E-state index < -0.39 is 18.4 Å². The van der Waals surface area contributed by atoms with Crippen LogP contribution < -0.4 is 0 Å². The Morgan fingerprint density at radius 1 is 0.842 bits per heavy atom. The standard InChI is InChI=1S/C14H25BrO4/c15-10-8-6-4-2-1-3-5-7-9-11-19-14(18)12-13(16)17/h1-12H2,(H,16,17). The van der Waals surface area contributed by atoms with Crippen LogP contribution in [-0.4, -0.2) is 29.0 Å². The number of rotatable bonds is 13. The molecule has 0 aromatic heterocycles. The molecule has 0 aromatic rings. The molecule has 0 atom stereocenters. The van der Waals surface area contributed by atoms with Gasteiger partial charge in [-0.1, -0.05) is 60.9 Å². The normalized spacial score (nSPS) is 10.4. The van der Waals surface area contributed by atoms with Crippen LogP contribution in [-0.2, 0) is 14.3 Å². The molecule has 0 unspecified atom stereocenters. The lowest BCUT2D eigenvalue weighted by Gasteiger charge is -2.03. The molecule has 5 heteroatoms. The van der Waals surface area contributed by atoms with Gasteiger partial charge in [-0.05, 0) is 12.8 Å². The van der Waals surface area contributed by atoms with Crippen LogP contribution in [0.2, 0.25) is 0 Å². The van der Waals surface area contributed by atoms with Crippen molar-refractivity contribution < 1.29 is 19.4 Å². The van der Waals surface area contributed by atoms with E-state index in [9.17, 15) is 9.59 Å². The monoisotopic (exact) mass is 336 g/mol. The molecule has 0 spiro atoms. The average molecular weight is 337 g/mol. The number of ether oxygens (including phenoxy) is 1. The molecule has 0 aliphatic rings. The summed E-state index contributed by atoms with van der Waals surface area (Å²) in [6, 6.07) is 0. The molecule has 0 aliphatic heterocycles. The highest BCUT2D eigenvalue weighted by Gasteiger charge is 2.07. The highest BCUT2D eigenvalue weighted by atomic mass is 79.9. The molecule has 0 saturated carbocycles. The Labute approximate surface area is 124 Å². The molecule has 112 valence electrons. The van der Waals surface area contributed by atoms with E-state index in [-0.39, 0.29) is 0 Å². The summed E-state index contributed by atoms with van der Waals surface area (Å²) >= 11 is 3.42. The summed E-state index contributed by atoms with van der Waals surface area (Å²) in [6.07, 6.45) is 10.2. The van der Waals surface area contributed by atoms with Gasteiger partial charge in [-0.2, -0.15) is 0 Å². The predicted octanol–water partition coefficient (Wildman–Crippen LogP) is 3.91. The van der Waals surface area contributed by atoms with Crippen LogP contribution in [0.5, 0.6) is 0 Å². The number of aliphatic carboxylic acids is 1. The molecule has 0 radical (unpaired) electrons. The van der Waals surface area contributed by atoms with Crippen LogP contribution in [0.15, 0.2) is 0 Å². The smallest absolute Gasteiger partial charge is 0.317 e. The van der Waals surface area contributed by atoms with Crippen molar-refractivity contribution in [3.05, 3.63) is 0 Å². The number of hydrogen-bond acceptors (Lipinski definition) is 3. The van der Waals surface area contributed by atoms with Crippen molar-refractivity contribution in [2.45, 2.75) is 64.2 Å². The number of halogens is 1. The Morgan fingerprint density at radius 3 is 1.79 bits per heavy atom. The van der Waals surface area contributed by atoms with Crippen molar-refractivity contribution in [2.24, 2.45) is 0 Å². The maximum Gasteiger partial charge on any atom is 0.317 e. The van der Waals surface area contributed by atoms with Crippen LogP contribution in [0.3, 0.4) is 0 Å². The first-order valence-electron chi connectivity index (χ1n) is 7.10. The lowest BCUT2D eigenvalue weighted by Crippen LogP contribution is -2.11. The molecule has 4 nitrogen and oxygen atoms in total. The van der Waals surface area contributed by atoms with Gasteiger partial charge in [-0.3, -0.25) is 9.59 Å². The van der Waals surface area contributed by atoms with E-state index in [1.807, 2.05) is 0 Å². The predicted molar refractivity (Wildman–Crippen MR) is 78.6 cm³/mol. The van der Waals surface area contributed by atoms with Crippen molar-refractivity contribution in [1.82, 2.24) is 0 Å². The van der Waals surface area contributed by atoms with Gasteiger partial charge in [0.05, 0.1) is 6.61 Å². The number of alkyl halides is 1. The van der Waals surface area contributed by atoms with Crippen LogP contribution in [0.4, 0.5) is 0 Å². The summed E-state index contributed by atoms with van der Waals surface area (Å²) in [7, 11) is 0. The SMILES string of the molecule is O=C(O)CC(=O)OCCCCCCCCCCCBr. The van der Waals surface area contributed by atoms with Crippen LogP contribution in [0, 0.1) is 0 Å². The molecule has 0 amide bonds. The lowest BCUT2D eigenvalue weighted by molar-refractivity contribution is -0.151. The first-order chi connectivity index (χ1) is 9.16. The van der Waals surface area contributed by atoms with Gasteiger partial charge in [0.2, 0.25) is 0 Å². The maximum absolute atomic E-state index is 10.9. The van der Waals surface area contributed by atoms with Gasteiger partial charge in [0.15, 0.2) is 0 Å². The first kappa shape index (κ1) is 18.4. The Kier molecular flexibility index (Phi) is 13.4. The molecular formula is C14H25BrO4. The summed E-state index contributed by atoms with van der Waals surface area (Å²) in [5.74, 6) is -1.77. The summed E-state index contributed by atoms with van der Waals surface area (Å²) in [6.45, 7) is 0.345. The minimum Gasteiger partial charge on any atom is -0.481 e. The minimum absolute atomic E-state index is 0.345. The average Bonchev–Trinajstić information content (AvgIpc) is 2.35. The van der Waals surface area contributed by atoms with Crippen molar-refractivity contribution in [3.63, 3.8) is 0 Å². The number of carbonyl (C=O) groups is 2. The Hall–Kier alpha value is -0.580. The number of hydrogen-bond donors (Lipinski definition) is 1. The zero-order chi connectivity index (χ0) is 14.3. The molecule has 1 N–H and O–H groups in total. The topological polar surface area (TPSA) is 63.6 Å². The molecule has 0 bridgehead atoms. The number of carboxylic acids is 1. The number of carboxylic acid groups (broad SMARTS) is 1. The third-order valence-electron chi connectivity index (χ3n) is 2.84. The van der Waals surface area contributed by atoms with E-state index in [0.717, 1.165) is 24.6 Å².